The lowest BCUT2D eigenvalue weighted by atomic mass is 10.1. The summed E-state index contributed by atoms with van der Waals surface area (Å²) >= 11 is 9.42. The summed E-state index contributed by atoms with van der Waals surface area (Å²) in [5.41, 5.74) is 1.34. The molecule has 0 heterocycles. The van der Waals surface area contributed by atoms with Gasteiger partial charge in [0.1, 0.15) is 0 Å². The molecule has 0 aliphatic carbocycles. The Morgan fingerprint density at radius 3 is 2.53 bits per heavy atom. The SMILES string of the molecule is CCC(CC)N(CCCl)Cc1cccc(Br)c1. The van der Waals surface area contributed by atoms with Crippen molar-refractivity contribution in [2.75, 3.05) is 12.4 Å². The second-order valence-corrected chi connectivity index (χ2v) is 5.55. The maximum atomic E-state index is 5.90. The molecule has 0 atom stereocenters. The molecule has 0 radical (unpaired) electrons. The molecule has 0 spiro atoms. The van der Waals surface area contributed by atoms with E-state index in [4.69, 9.17) is 11.6 Å². The van der Waals surface area contributed by atoms with Gasteiger partial charge in [-0.2, -0.15) is 0 Å². The minimum atomic E-state index is 0.632. The van der Waals surface area contributed by atoms with Crippen molar-refractivity contribution >= 4 is 27.5 Å². The second kappa shape index (κ2) is 8.12. The van der Waals surface area contributed by atoms with Crippen LogP contribution >= 0.6 is 27.5 Å². The Kier molecular flexibility index (Phi) is 7.17. The molecular weight excluding hydrogens is 298 g/mol. The summed E-state index contributed by atoms with van der Waals surface area (Å²) in [6.07, 6.45) is 2.36. The van der Waals surface area contributed by atoms with Crippen molar-refractivity contribution in [3.63, 3.8) is 0 Å². The minimum absolute atomic E-state index is 0.632. The van der Waals surface area contributed by atoms with E-state index in [2.05, 4.69) is 58.9 Å². The zero-order chi connectivity index (χ0) is 12.7. The van der Waals surface area contributed by atoms with Crippen molar-refractivity contribution in [1.82, 2.24) is 4.90 Å². The highest BCUT2D eigenvalue weighted by Gasteiger charge is 2.14. The third-order valence-electron chi connectivity index (χ3n) is 3.11. The van der Waals surface area contributed by atoms with E-state index in [0.29, 0.717) is 11.9 Å². The van der Waals surface area contributed by atoms with Gasteiger partial charge in [0.2, 0.25) is 0 Å². The Morgan fingerprint density at radius 2 is 2.00 bits per heavy atom. The molecule has 0 fully saturated rings. The summed E-state index contributed by atoms with van der Waals surface area (Å²) in [5.74, 6) is 0.699. The minimum Gasteiger partial charge on any atom is -0.295 e. The highest BCUT2D eigenvalue weighted by atomic mass is 79.9. The van der Waals surface area contributed by atoms with Crippen LogP contribution in [0.2, 0.25) is 0 Å². The Bertz CT molecular complexity index is 326. The maximum absolute atomic E-state index is 5.90. The number of alkyl halides is 1. The monoisotopic (exact) mass is 317 g/mol. The van der Waals surface area contributed by atoms with Crippen molar-refractivity contribution in [3.05, 3.63) is 34.3 Å². The fourth-order valence-corrected chi connectivity index (χ4v) is 2.84. The molecular formula is C14H21BrClN. The Hall–Kier alpha value is -0.0500. The van der Waals surface area contributed by atoms with E-state index in [0.717, 1.165) is 17.6 Å². The summed E-state index contributed by atoms with van der Waals surface area (Å²) in [4.78, 5) is 2.48. The molecule has 1 aromatic rings. The topological polar surface area (TPSA) is 3.24 Å². The third-order valence-corrected chi connectivity index (χ3v) is 3.77. The highest BCUT2D eigenvalue weighted by Crippen LogP contribution is 2.17. The van der Waals surface area contributed by atoms with Crippen LogP contribution in [0.15, 0.2) is 28.7 Å². The molecule has 0 aromatic heterocycles. The van der Waals surface area contributed by atoms with Crippen molar-refractivity contribution in [1.29, 1.82) is 0 Å². The highest BCUT2D eigenvalue weighted by molar-refractivity contribution is 9.10. The van der Waals surface area contributed by atoms with Gasteiger partial charge in [-0.15, -0.1) is 11.6 Å². The molecule has 3 heteroatoms. The molecule has 1 rings (SSSR count). The van der Waals surface area contributed by atoms with Crippen LogP contribution in [0, 0.1) is 0 Å². The predicted octanol–water partition coefficient (Wildman–Crippen LogP) is 4.68. The molecule has 0 N–H and O–H groups in total. The Labute approximate surface area is 118 Å². The molecule has 0 saturated heterocycles. The first-order valence-corrected chi connectivity index (χ1v) is 7.58. The zero-order valence-corrected chi connectivity index (χ0v) is 13.0. The summed E-state index contributed by atoms with van der Waals surface area (Å²) in [5, 5.41) is 0. The molecule has 96 valence electrons. The molecule has 0 saturated carbocycles. The van der Waals surface area contributed by atoms with Gasteiger partial charge in [-0.1, -0.05) is 41.9 Å². The van der Waals surface area contributed by atoms with Crippen LogP contribution in [0.25, 0.3) is 0 Å². The van der Waals surface area contributed by atoms with E-state index in [-0.39, 0.29) is 0 Å². The molecule has 17 heavy (non-hydrogen) atoms. The molecule has 0 bridgehead atoms. The van der Waals surface area contributed by atoms with Gasteiger partial charge in [0, 0.05) is 29.5 Å². The molecule has 0 amide bonds. The zero-order valence-electron chi connectivity index (χ0n) is 10.6. The Balaban J connectivity index is 2.71. The van der Waals surface area contributed by atoms with Gasteiger partial charge >= 0.3 is 0 Å². The van der Waals surface area contributed by atoms with E-state index >= 15 is 0 Å². The summed E-state index contributed by atoms with van der Waals surface area (Å²) in [6, 6.07) is 9.14. The quantitative estimate of drug-likeness (QED) is 0.660. The van der Waals surface area contributed by atoms with Crippen molar-refractivity contribution < 1.29 is 0 Å². The van der Waals surface area contributed by atoms with Crippen LogP contribution in [0.4, 0.5) is 0 Å². The number of hydrogen-bond acceptors (Lipinski definition) is 1. The van der Waals surface area contributed by atoms with E-state index in [9.17, 15) is 0 Å². The van der Waals surface area contributed by atoms with Gasteiger partial charge in [0.25, 0.3) is 0 Å². The van der Waals surface area contributed by atoms with E-state index in [1.807, 2.05) is 0 Å². The van der Waals surface area contributed by atoms with Crippen LogP contribution < -0.4 is 0 Å². The van der Waals surface area contributed by atoms with E-state index in [1.54, 1.807) is 0 Å². The molecule has 0 unspecified atom stereocenters. The lowest BCUT2D eigenvalue weighted by molar-refractivity contribution is 0.188. The van der Waals surface area contributed by atoms with Gasteiger partial charge in [-0.3, -0.25) is 4.90 Å². The number of halogens is 2. The van der Waals surface area contributed by atoms with Crippen LogP contribution in [0.3, 0.4) is 0 Å². The van der Waals surface area contributed by atoms with Crippen LogP contribution in [0.1, 0.15) is 32.3 Å². The predicted molar refractivity (Wildman–Crippen MR) is 79.6 cm³/mol. The number of rotatable bonds is 7. The van der Waals surface area contributed by atoms with Gasteiger partial charge in [0.05, 0.1) is 0 Å². The Morgan fingerprint density at radius 1 is 1.29 bits per heavy atom. The summed E-state index contributed by atoms with van der Waals surface area (Å²) in [7, 11) is 0. The van der Waals surface area contributed by atoms with Gasteiger partial charge < -0.3 is 0 Å². The van der Waals surface area contributed by atoms with Crippen LogP contribution in [-0.2, 0) is 6.54 Å². The smallest absolute Gasteiger partial charge is 0.0351 e. The van der Waals surface area contributed by atoms with Crippen LogP contribution in [0.5, 0.6) is 0 Å². The van der Waals surface area contributed by atoms with E-state index < -0.39 is 0 Å². The van der Waals surface area contributed by atoms with Crippen molar-refractivity contribution in [2.45, 2.75) is 39.3 Å². The molecule has 0 aliphatic heterocycles. The number of nitrogens with zero attached hydrogens (tertiary/aromatic N) is 1. The lowest BCUT2D eigenvalue weighted by Crippen LogP contribution is -2.35. The van der Waals surface area contributed by atoms with E-state index in [1.165, 1.54) is 18.4 Å². The third kappa shape index (κ3) is 4.99. The summed E-state index contributed by atoms with van der Waals surface area (Å²) < 4.78 is 1.14. The average Bonchev–Trinajstić information content (AvgIpc) is 2.31. The van der Waals surface area contributed by atoms with Gasteiger partial charge in [0.15, 0.2) is 0 Å². The number of hydrogen-bond donors (Lipinski definition) is 0. The second-order valence-electron chi connectivity index (χ2n) is 4.26. The normalized spacial score (nSPS) is 11.4. The standard InChI is InChI=1S/C14H21BrClN/c1-3-14(4-2)17(9-8-16)11-12-6-5-7-13(15)10-12/h5-7,10,14H,3-4,8-9,11H2,1-2H3. The summed E-state index contributed by atoms with van der Waals surface area (Å²) in [6.45, 7) is 6.44. The van der Waals surface area contributed by atoms with Gasteiger partial charge in [-0.25, -0.2) is 0 Å². The molecule has 1 nitrogen and oxygen atoms in total. The van der Waals surface area contributed by atoms with Gasteiger partial charge in [-0.05, 0) is 30.5 Å². The first-order valence-electron chi connectivity index (χ1n) is 6.25. The first kappa shape index (κ1) is 15.0. The van der Waals surface area contributed by atoms with Crippen molar-refractivity contribution in [2.24, 2.45) is 0 Å². The molecule has 0 aliphatic rings. The number of benzene rings is 1. The maximum Gasteiger partial charge on any atom is 0.0351 e. The average molecular weight is 319 g/mol. The van der Waals surface area contributed by atoms with Crippen LogP contribution in [-0.4, -0.2) is 23.4 Å². The fraction of sp³-hybridized carbons (Fsp3) is 0.571. The molecule has 1 aromatic carbocycles. The first-order chi connectivity index (χ1) is 8.21. The lowest BCUT2D eigenvalue weighted by Gasteiger charge is -2.29. The van der Waals surface area contributed by atoms with Crippen molar-refractivity contribution in [3.8, 4) is 0 Å². The fourth-order valence-electron chi connectivity index (χ4n) is 2.17. The largest absolute Gasteiger partial charge is 0.295 e.